The molecule has 9 heteroatoms. The van der Waals surface area contributed by atoms with Crippen molar-refractivity contribution >= 4 is 21.8 Å². The van der Waals surface area contributed by atoms with Crippen molar-refractivity contribution < 1.29 is 20.4 Å². The summed E-state index contributed by atoms with van der Waals surface area (Å²) < 4.78 is 0. The van der Waals surface area contributed by atoms with E-state index in [2.05, 4.69) is 35.9 Å². The molecule has 2 atom stereocenters. The molecule has 9 nitrogen and oxygen atoms in total. The first-order chi connectivity index (χ1) is 21.2. The molecule has 3 aromatic carbocycles. The molecule has 2 aromatic heterocycles. The van der Waals surface area contributed by atoms with Crippen LogP contribution in [0.25, 0.3) is 21.8 Å². The molecule has 5 aromatic rings. The number of aromatic nitrogens is 2. The molecule has 6 N–H and O–H groups in total. The first-order valence-electron chi connectivity index (χ1n) is 15.1. The van der Waals surface area contributed by atoms with Gasteiger partial charge in [0.1, 0.15) is 24.0 Å². The number of nitrogens with one attached hydrogen (secondary N) is 2. The Morgan fingerprint density at radius 2 is 1.11 bits per heavy atom. The number of H-pyrrole nitrogens is 2. The number of aromatic hydroxyl groups is 2. The van der Waals surface area contributed by atoms with Gasteiger partial charge in [-0.05, 0) is 83.3 Å². The van der Waals surface area contributed by atoms with Crippen molar-refractivity contribution in [3.05, 3.63) is 115 Å². The molecular weight excluding hydrogens is 558 g/mol. The number of aliphatic hydroxyl groups excluding tert-OH is 2. The first kappa shape index (κ1) is 29.6. The van der Waals surface area contributed by atoms with E-state index in [1.807, 2.05) is 0 Å². The van der Waals surface area contributed by atoms with Crippen molar-refractivity contribution in [2.45, 2.75) is 70.9 Å². The van der Waals surface area contributed by atoms with Crippen LogP contribution in [0.3, 0.4) is 0 Å². The van der Waals surface area contributed by atoms with Crippen LogP contribution in [0.5, 0.6) is 11.5 Å². The lowest BCUT2D eigenvalue weighted by molar-refractivity contribution is -0.122. The average molecular weight is 596 g/mol. The summed E-state index contributed by atoms with van der Waals surface area (Å²) in [5, 5.41) is 45.7. The molecule has 228 valence electrons. The summed E-state index contributed by atoms with van der Waals surface area (Å²) in [5.41, 5.74) is 6.40. The van der Waals surface area contributed by atoms with Gasteiger partial charge in [-0.1, -0.05) is 38.1 Å². The number of aliphatic hydroxyl groups is 2. The zero-order chi connectivity index (χ0) is 31.1. The van der Waals surface area contributed by atoms with Gasteiger partial charge in [0, 0.05) is 41.8 Å². The van der Waals surface area contributed by atoms with Crippen LogP contribution in [-0.2, 0) is 38.5 Å². The quantitative estimate of drug-likeness (QED) is 0.142. The van der Waals surface area contributed by atoms with Gasteiger partial charge in [0.15, 0.2) is 0 Å². The lowest BCUT2D eigenvalue weighted by Crippen LogP contribution is -2.51. The second-order valence-electron chi connectivity index (χ2n) is 11.7. The minimum absolute atomic E-state index is 0.0604. The molecule has 2 unspecified atom stereocenters. The molecule has 0 saturated heterocycles. The van der Waals surface area contributed by atoms with Crippen molar-refractivity contribution in [1.82, 2.24) is 14.9 Å². The summed E-state index contributed by atoms with van der Waals surface area (Å²) in [6.45, 7) is 4.30. The highest BCUT2D eigenvalue weighted by molar-refractivity contribution is 5.88. The van der Waals surface area contributed by atoms with E-state index in [4.69, 9.17) is 0 Å². The molecule has 0 bridgehead atoms. The third kappa shape index (κ3) is 5.50. The normalized spacial score (nSPS) is 14.8. The van der Waals surface area contributed by atoms with Gasteiger partial charge in [-0.2, -0.15) is 0 Å². The molecule has 0 spiro atoms. The third-order valence-corrected chi connectivity index (χ3v) is 9.04. The summed E-state index contributed by atoms with van der Waals surface area (Å²) in [7, 11) is 0. The van der Waals surface area contributed by atoms with Crippen LogP contribution < -0.4 is 11.1 Å². The summed E-state index contributed by atoms with van der Waals surface area (Å²) >= 11 is 0. The number of hydrogen-bond donors (Lipinski definition) is 6. The van der Waals surface area contributed by atoms with Crippen LogP contribution in [0.2, 0.25) is 0 Å². The van der Waals surface area contributed by atoms with Gasteiger partial charge in [-0.3, -0.25) is 9.59 Å². The number of pyridine rings is 2. The lowest BCUT2D eigenvalue weighted by atomic mass is 9.97. The van der Waals surface area contributed by atoms with E-state index in [0.29, 0.717) is 45.8 Å². The average Bonchev–Trinajstić information content (AvgIpc) is 3.41. The van der Waals surface area contributed by atoms with Crippen LogP contribution in [0.15, 0.2) is 70.3 Å². The predicted molar refractivity (Wildman–Crippen MR) is 170 cm³/mol. The van der Waals surface area contributed by atoms with Crippen LogP contribution in [0.4, 0.5) is 0 Å². The van der Waals surface area contributed by atoms with Gasteiger partial charge in [-0.15, -0.1) is 0 Å². The Bertz CT molecular complexity index is 1840. The molecule has 2 heterocycles. The number of phenols is 2. The maximum absolute atomic E-state index is 12.0. The molecular formula is C35H37N3O6. The molecule has 6 rings (SSSR count). The molecule has 1 aliphatic rings. The molecule has 0 aliphatic heterocycles. The molecule has 1 aliphatic carbocycles. The summed E-state index contributed by atoms with van der Waals surface area (Å²) in [6.07, 6.45) is 1.24. The topological polar surface area (TPSA) is 150 Å². The van der Waals surface area contributed by atoms with E-state index < -0.39 is 12.5 Å². The van der Waals surface area contributed by atoms with Gasteiger partial charge in [0.05, 0.1) is 11.0 Å². The van der Waals surface area contributed by atoms with E-state index in [-0.39, 0.29) is 41.5 Å². The second-order valence-corrected chi connectivity index (χ2v) is 11.7. The minimum Gasteiger partial charge on any atom is -0.506 e. The highest BCUT2D eigenvalue weighted by Gasteiger charge is 2.36. The lowest BCUT2D eigenvalue weighted by Gasteiger charge is -2.37. The van der Waals surface area contributed by atoms with Crippen LogP contribution >= 0.6 is 0 Å². The molecule has 0 radical (unpaired) electrons. The number of phenolic OH excluding ortho intramolecular Hbond substituents is 2. The van der Waals surface area contributed by atoms with Gasteiger partial charge >= 0.3 is 0 Å². The minimum atomic E-state index is -1.11. The number of hydrogen-bond acceptors (Lipinski definition) is 7. The van der Waals surface area contributed by atoms with Crippen molar-refractivity contribution in [3.8, 4) is 11.5 Å². The SMILES string of the molecule is CCc1cc2c(cc1CC)CC(N(C(O)Cc1ccc(O)c3[nH]c(=O)ccc13)C(O)Cc1ccc(O)c3[nH]c(=O)ccc13)C2. The Morgan fingerprint density at radius 1 is 0.682 bits per heavy atom. The summed E-state index contributed by atoms with van der Waals surface area (Å²) in [6, 6.07) is 16.8. The van der Waals surface area contributed by atoms with E-state index in [1.165, 1.54) is 46.5 Å². The second kappa shape index (κ2) is 11.9. The fourth-order valence-electron chi connectivity index (χ4n) is 6.86. The van der Waals surface area contributed by atoms with Gasteiger partial charge in [0.2, 0.25) is 11.1 Å². The van der Waals surface area contributed by atoms with Gasteiger partial charge in [-0.25, -0.2) is 4.90 Å². The summed E-state index contributed by atoms with van der Waals surface area (Å²) in [4.78, 5) is 31.0. The zero-order valence-corrected chi connectivity index (χ0v) is 24.8. The Labute approximate surface area is 254 Å². The fourth-order valence-corrected chi connectivity index (χ4v) is 6.86. The summed E-state index contributed by atoms with van der Waals surface area (Å²) in [5.74, 6) is -0.121. The standard InChI is InChI=1S/C35H37N3O6/c1-3-19-13-23-15-25(16-24(23)14-20(19)4-2)38(32(43)17-21-5-9-28(39)34-26(21)7-11-30(41)36-34)33(44)18-22-6-10-29(40)35-27(22)8-12-31(42)37-35/h5-14,25,32-33,39-40,43-44H,3-4,15-18H2,1-2H3,(H,36,41)(H,37,42). The van der Waals surface area contributed by atoms with Crippen molar-refractivity contribution in [2.75, 3.05) is 0 Å². The maximum Gasteiger partial charge on any atom is 0.248 e. The van der Waals surface area contributed by atoms with E-state index in [1.54, 1.807) is 29.2 Å². The number of aromatic amines is 2. The van der Waals surface area contributed by atoms with Crippen LogP contribution in [-0.4, -0.2) is 53.8 Å². The van der Waals surface area contributed by atoms with E-state index in [9.17, 15) is 30.0 Å². The Hall–Kier alpha value is -4.44. The number of benzene rings is 3. The van der Waals surface area contributed by atoms with Crippen LogP contribution in [0.1, 0.15) is 47.2 Å². The Morgan fingerprint density at radius 3 is 1.52 bits per heavy atom. The predicted octanol–water partition coefficient (Wildman–Crippen LogP) is 3.80. The molecule has 0 amide bonds. The largest absolute Gasteiger partial charge is 0.506 e. The number of nitrogens with zero attached hydrogens (tertiary/aromatic N) is 1. The van der Waals surface area contributed by atoms with Gasteiger partial charge in [0.25, 0.3) is 0 Å². The number of fused-ring (bicyclic) bond motifs is 3. The van der Waals surface area contributed by atoms with Crippen molar-refractivity contribution in [1.29, 1.82) is 0 Å². The Kier molecular flexibility index (Phi) is 8.02. The zero-order valence-electron chi connectivity index (χ0n) is 24.8. The third-order valence-electron chi connectivity index (χ3n) is 9.04. The monoisotopic (exact) mass is 595 g/mol. The number of aryl methyl sites for hydroxylation is 2. The molecule has 0 saturated carbocycles. The maximum atomic E-state index is 12.0. The van der Waals surface area contributed by atoms with Crippen molar-refractivity contribution in [2.24, 2.45) is 0 Å². The fraction of sp³-hybridized carbons (Fsp3) is 0.314. The van der Waals surface area contributed by atoms with E-state index in [0.717, 1.165) is 12.8 Å². The smallest absolute Gasteiger partial charge is 0.248 e. The molecule has 0 fully saturated rings. The van der Waals surface area contributed by atoms with E-state index >= 15 is 0 Å². The Balaban J connectivity index is 1.37. The number of rotatable bonds is 9. The van der Waals surface area contributed by atoms with Gasteiger partial charge < -0.3 is 30.4 Å². The molecule has 44 heavy (non-hydrogen) atoms. The van der Waals surface area contributed by atoms with Crippen LogP contribution in [0, 0.1) is 0 Å². The van der Waals surface area contributed by atoms with Crippen molar-refractivity contribution in [3.63, 3.8) is 0 Å². The highest BCUT2D eigenvalue weighted by Crippen LogP contribution is 2.34. The first-order valence-corrected chi connectivity index (χ1v) is 15.1. The highest BCUT2D eigenvalue weighted by atomic mass is 16.3.